The molecule has 0 unspecified atom stereocenters. The third kappa shape index (κ3) is 5.92. The van der Waals surface area contributed by atoms with E-state index in [1.807, 2.05) is 19.1 Å². The molecular weight excluding hydrogens is 408 g/mol. The molecule has 0 aliphatic heterocycles. The molecule has 162 valence electrons. The average molecular weight is 430 g/mol. The fourth-order valence-electron chi connectivity index (χ4n) is 2.64. The van der Waals surface area contributed by atoms with Crippen LogP contribution in [0, 0.1) is 0 Å². The van der Waals surface area contributed by atoms with E-state index in [4.69, 9.17) is 14.2 Å². The number of carbonyl (C=O) groups is 3. The van der Waals surface area contributed by atoms with Crippen molar-refractivity contribution in [2.45, 2.75) is 20.3 Å². The summed E-state index contributed by atoms with van der Waals surface area (Å²) >= 11 is 0. The summed E-state index contributed by atoms with van der Waals surface area (Å²) < 4.78 is 15.8. The van der Waals surface area contributed by atoms with Crippen molar-refractivity contribution in [3.05, 3.63) is 102 Å². The number of benzene rings is 3. The van der Waals surface area contributed by atoms with Crippen LogP contribution in [0.4, 0.5) is 0 Å². The molecule has 0 aliphatic rings. The van der Waals surface area contributed by atoms with E-state index in [0.717, 1.165) is 12.0 Å². The van der Waals surface area contributed by atoms with E-state index in [2.05, 4.69) is 6.58 Å². The first-order valence-electron chi connectivity index (χ1n) is 9.97. The Labute approximate surface area is 186 Å². The number of hydrogen-bond donors (Lipinski definition) is 0. The first kappa shape index (κ1) is 22.5. The van der Waals surface area contributed by atoms with Crippen LogP contribution in [0.25, 0.3) is 0 Å². The standard InChI is InChI=1S/C26H22O6/c1-4-18-5-11-21(12-6-18)31-25(28)20-9-15-23(16-10-20)32-26(29)19-7-13-22(14-8-19)30-24(27)17(2)3/h5-16H,2,4H2,1,3H3. The van der Waals surface area contributed by atoms with Crippen LogP contribution in [-0.2, 0) is 11.2 Å². The topological polar surface area (TPSA) is 78.9 Å². The van der Waals surface area contributed by atoms with Crippen molar-refractivity contribution >= 4 is 17.9 Å². The van der Waals surface area contributed by atoms with E-state index < -0.39 is 17.9 Å². The molecule has 0 bridgehead atoms. The van der Waals surface area contributed by atoms with Crippen LogP contribution in [0.2, 0.25) is 0 Å². The molecule has 3 rings (SSSR count). The molecule has 0 saturated heterocycles. The SMILES string of the molecule is C=C(C)C(=O)Oc1ccc(C(=O)Oc2ccc(C(=O)Oc3ccc(CC)cc3)cc2)cc1. The van der Waals surface area contributed by atoms with Gasteiger partial charge in [-0.2, -0.15) is 0 Å². The summed E-state index contributed by atoms with van der Waals surface area (Å²) in [4.78, 5) is 36.2. The zero-order valence-electron chi connectivity index (χ0n) is 17.8. The van der Waals surface area contributed by atoms with Crippen LogP contribution in [0.15, 0.2) is 84.9 Å². The van der Waals surface area contributed by atoms with Gasteiger partial charge in [0.15, 0.2) is 0 Å². The lowest BCUT2D eigenvalue weighted by Crippen LogP contribution is -2.11. The highest BCUT2D eigenvalue weighted by molar-refractivity contribution is 5.93. The highest BCUT2D eigenvalue weighted by Crippen LogP contribution is 2.19. The molecule has 0 atom stereocenters. The summed E-state index contributed by atoms with van der Waals surface area (Å²) in [5, 5.41) is 0. The van der Waals surface area contributed by atoms with Gasteiger partial charge in [-0.25, -0.2) is 14.4 Å². The Hall–Kier alpha value is -4.19. The summed E-state index contributed by atoms with van der Waals surface area (Å²) in [5.41, 5.74) is 2.03. The van der Waals surface area contributed by atoms with Gasteiger partial charge < -0.3 is 14.2 Å². The Bertz CT molecular complexity index is 1130. The molecule has 0 fully saturated rings. The maximum absolute atomic E-state index is 12.3. The number of rotatable bonds is 7. The minimum atomic E-state index is -0.589. The lowest BCUT2D eigenvalue weighted by atomic mass is 10.2. The zero-order chi connectivity index (χ0) is 23.1. The summed E-state index contributed by atoms with van der Waals surface area (Å²) in [6.07, 6.45) is 0.904. The zero-order valence-corrected chi connectivity index (χ0v) is 17.8. The summed E-state index contributed by atoms with van der Waals surface area (Å²) in [7, 11) is 0. The number of carbonyl (C=O) groups excluding carboxylic acids is 3. The minimum absolute atomic E-state index is 0.273. The van der Waals surface area contributed by atoms with Crippen LogP contribution in [0.1, 0.15) is 40.1 Å². The maximum Gasteiger partial charge on any atom is 0.343 e. The Morgan fingerprint density at radius 3 is 1.41 bits per heavy atom. The first-order valence-corrected chi connectivity index (χ1v) is 9.97. The number of aryl methyl sites for hydroxylation is 1. The van der Waals surface area contributed by atoms with E-state index in [1.165, 1.54) is 48.5 Å². The minimum Gasteiger partial charge on any atom is -0.423 e. The van der Waals surface area contributed by atoms with Gasteiger partial charge in [0, 0.05) is 5.57 Å². The van der Waals surface area contributed by atoms with Gasteiger partial charge >= 0.3 is 17.9 Å². The summed E-state index contributed by atoms with van der Waals surface area (Å²) in [5.74, 6) is -0.614. The number of esters is 3. The average Bonchev–Trinajstić information content (AvgIpc) is 2.80. The summed E-state index contributed by atoms with van der Waals surface area (Å²) in [6, 6.07) is 19.3. The molecule has 0 aliphatic carbocycles. The highest BCUT2D eigenvalue weighted by atomic mass is 16.5. The lowest BCUT2D eigenvalue weighted by molar-refractivity contribution is -0.130. The highest BCUT2D eigenvalue weighted by Gasteiger charge is 2.13. The molecule has 0 N–H and O–H groups in total. The van der Waals surface area contributed by atoms with Crippen LogP contribution < -0.4 is 14.2 Å². The lowest BCUT2D eigenvalue weighted by Gasteiger charge is -2.08. The largest absolute Gasteiger partial charge is 0.423 e. The predicted octanol–water partition coefficient (Wildman–Crippen LogP) is 5.17. The predicted molar refractivity (Wildman–Crippen MR) is 119 cm³/mol. The Morgan fingerprint density at radius 2 is 1.03 bits per heavy atom. The fraction of sp³-hybridized carbons (Fsp3) is 0.115. The van der Waals surface area contributed by atoms with Gasteiger partial charge in [0.05, 0.1) is 11.1 Å². The van der Waals surface area contributed by atoms with Crippen molar-refractivity contribution in [3.63, 3.8) is 0 Å². The molecule has 6 heteroatoms. The third-order valence-electron chi connectivity index (χ3n) is 4.49. The van der Waals surface area contributed by atoms with Crippen LogP contribution in [0.5, 0.6) is 17.2 Å². The summed E-state index contributed by atoms with van der Waals surface area (Å²) in [6.45, 7) is 7.10. The second kappa shape index (κ2) is 10.2. The van der Waals surface area contributed by atoms with Crippen LogP contribution in [0.3, 0.4) is 0 Å². The Balaban J connectivity index is 1.58. The maximum atomic E-state index is 12.3. The van der Waals surface area contributed by atoms with Gasteiger partial charge in [-0.1, -0.05) is 25.6 Å². The quantitative estimate of drug-likeness (QED) is 0.292. The van der Waals surface area contributed by atoms with Crippen molar-refractivity contribution in [3.8, 4) is 17.2 Å². The Morgan fingerprint density at radius 1 is 0.656 bits per heavy atom. The van der Waals surface area contributed by atoms with Crippen molar-refractivity contribution in [1.29, 1.82) is 0 Å². The molecule has 0 spiro atoms. The molecule has 0 radical (unpaired) electrons. The molecular formula is C26H22O6. The first-order chi connectivity index (χ1) is 15.4. The van der Waals surface area contributed by atoms with E-state index in [1.54, 1.807) is 19.1 Å². The molecule has 6 nitrogen and oxygen atoms in total. The second-order valence-corrected chi connectivity index (χ2v) is 7.00. The molecule has 3 aromatic carbocycles. The van der Waals surface area contributed by atoms with E-state index >= 15 is 0 Å². The van der Waals surface area contributed by atoms with E-state index in [0.29, 0.717) is 17.1 Å². The molecule has 0 aromatic heterocycles. The number of ether oxygens (including phenoxy) is 3. The van der Waals surface area contributed by atoms with E-state index in [9.17, 15) is 14.4 Å². The van der Waals surface area contributed by atoms with Gasteiger partial charge in [-0.15, -0.1) is 0 Å². The van der Waals surface area contributed by atoms with Crippen molar-refractivity contribution in [2.24, 2.45) is 0 Å². The third-order valence-corrected chi connectivity index (χ3v) is 4.49. The van der Waals surface area contributed by atoms with Gasteiger partial charge in [-0.05, 0) is 79.6 Å². The van der Waals surface area contributed by atoms with Gasteiger partial charge in [0.1, 0.15) is 17.2 Å². The van der Waals surface area contributed by atoms with Crippen LogP contribution in [-0.4, -0.2) is 17.9 Å². The van der Waals surface area contributed by atoms with Crippen LogP contribution >= 0.6 is 0 Å². The molecule has 3 aromatic rings. The monoisotopic (exact) mass is 430 g/mol. The van der Waals surface area contributed by atoms with E-state index in [-0.39, 0.29) is 16.9 Å². The fourth-order valence-corrected chi connectivity index (χ4v) is 2.64. The smallest absolute Gasteiger partial charge is 0.343 e. The van der Waals surface area contributed by atoms with Crippen molar-refractivity contribution in [2.75, 3.05) is 0 Å². The molecule has 0 heterocycles. The molecule has 32 heavy (non-hydrogen) atoms. The number of hydrogen-bond acceptors (Lipinski definition) is 6. The van der Waals surface area contributed by atoms with Gasteiger partial charge in [0.25, 0.3) is 0 Å². The second-order valence-electron chi connectivity index (χ2n) is 7.00. The molecule has 0 amide bonds. The van der Waals surface area contributed by atoms with Gasteiger partial charge in [0.2, 0.25) is 0 Å². The molecule has 0 saturated carbocycles. The van der Waals surface area contributed by atoms with Crippen molar-refractivity contribution in [1.82, 2.24) is 0 Å². The normalized spacial score (nSPS) is 10.2. The van der Waals surface area contributed by atoms with Gasteiger partial charge in [-0.3, -0.25) is 0 Å². The Kier molecular flexibility index (Phi) is 7.18. The van der Waals surface area contributed by atoms with Crippen molar-refractivity contribution < 1.29 is 28.6 Å².